The van der Waals surface area contributed by atoms with E-state index in [1.807, 2.05) is 6.08 Å². The molecule has 3 heteroatoms. The molecule has 2 aliphatic heterocycles. The fraction of sp³-hybridized carbons (Fsp3) is 0.467. The number of nitrogens with zero attached hydrogens (tertiary/aromatic N) is 1. The minimum absolute atomic E-state index is 0. The largest absolute Gasteiger partial charge is 1.00 e. The molecule has 0 aromatic heterocycles. The van der Waals surface area contributed by atoms with Crippen LogP contribution in [0.4, 0.5) is 0 Å². The summed E-state index contributed by atoms with van der Waals surface area (Å²) in [5, 5.41) is 11.6. The Balaban J connectivity index is 0.00000120. The van der Waals surface area contributed by atoms with Gasteiger partial charge in [-0.1, -0.05) is 42.8 Å². The molecule has 1 aromatic rings. The summed E-state index contributed by atoms with van der Waals surface area (Å²) in [6.07, 6.45) is 6.27. The molecule has 18 heavy (non-hydrogen) atoms. The molecule has 3 rings (SSSR count). The standard InChI is InChI=1S/C15H19NO.Li/c17-15-9-13-7-4-8-14(10-15)16(13)11-12-5-2-1-3-6-12;/h1-3,5-6,9,13-14,17H,4,7-8,10-11H2;/q;+1/p-1. The second-order valence-electron chi connectivity index (χ2n) is 5.15. The SMILES string of the molecule is [Li+].[O-]C1=CC2CCCC(C1)N2Cc1ccccc1. The maximum atomic E-state index is 11.6. The Kier molecular flexibility index (Phi) is 4.56. The zero-order valence-electron chi connectivity index (χ0n) is 11.0. The van der Waals surface area contributed by atoms with Crippen LogP contribution < -0.4 is 24.0 Å². The molecule has 2 atom stereocenters. The zero-order valence-corrected chi connectivity index (χ0v) is 11.0. The molecule has 2 unspecified atom stereocenters. The van der Waals surface area contributed by atoms with Gasteiger partial charge in [0.2, 0.25) is 0 Å². The van der Waals surface area contributed by atoms with Gasteiger partial charge in [-0.25, -0.2) is 0 Å². The van der Waals surface area contributed by atoms with Gasteiger partial charge < -0.3 is 5.11 Å². The van der Waals surface area contributed by atoms with Crippen LogP contribution in [0.2, 0.25) is 0 Å². The fourth-order valence-corrected chi connectivity index (χ4v) is 3.12. The quantitative estimate of drug-likeness (QED) is 0.619. The first-order valence-corrected chi connectivity index (χ1v) is 6.50. The van der Waals surface area contributed by atoms with Gasteiger partial charge in [0.05, 0.1) is 0 Å². The van der Waals surface area contributed by atoms with Crippen molar-refractivity contribution in [1.82, 2.24) is 4.90 Å². The molecule has 0 aliphatic carbocycles. The molecule has 2 aliphatic rings. The van der Waals surface area contributed by atoms with E-state index in [4.69, 9.17) is 0 Å². The molecule has 0 amide bonds. The van der Waals surface area contributed by atoms with E-state index in [9.17, 15) is 5.11 Å². The van der Waals surface area contributed by atoms with Gasteiger partial charge in [0, 0.05) is 18.6 Å². The van der Waals surface area contributed by atoms with Crippen molar-refractivity contribution in [3.63, 3.8) is 0 Å². The summed E-state index contributed by atoms with van der Waals surface area (Å²) in [7, 11) is 0. The van der Waals surface area contributed by atoms with E-state index in [1.165, 1.54) is 18.4 Å². The predicted molar refractivity (Wildman–Crippen MR) is 66.1 cm³/mol. The first-order valence-electron chi connectivity index (χ1n) is 6.50. The minimum atomic E-state index is 0. The van der Waals surface area contributed by atoms with Gasteiger partial charge >= 0.3 is 18.9 Å². The first-order chi connectivity index (χ1) is 8.33. The first kappa shape index (κ1) is 13.7. The summed E-state index contributed by atoms with van der Waals surface area (Å²) in [6, 6.07) is 11.4. The average Bonchev–Trinajstić information content (AvgIpc) is 2.32. The van der Waals surface area contributed by atoms with Crippen LogP contribution in [-0.4, -0.2) is 17.0 Å². The van der Waals surface area contributed by atoms with E-state index < -0.39 is 0 Å². The Bertz CT molecular complexity index is 418. The van der Waals surface area contributed by atoms with Gasteiger partial charge in [0.15, 0.2) is 0 Å². The van der Waals surface area contributed by atoms with E-state index in [0.717, 1.165) is 19.4 Å². The Morgan fingerprint density at radius 1 is 1.17 bits per heavy atom. The number of hydrogen-bond acceptors (Lipinski definition) is 2. The van der Waals surface area contributed by atoms with Crippen LogP contribution in [0.5, 0.6) is 0 Å². The van der Waals surface area contributed by atoms with Crippen molar-refractivity contribution >= 4 is 0 Å². The van der Waals surface area contributed by atoms with Gasteiger partial charge in [-0.15, -0.1) is 5.76 Å². The van der Waals surface area contributed by atoms with Gasteiger partial charge in [0.1, 0.15) is 0 Å². The van der Waals surface area contributed by atoms with Crippen LogP contribution in [0, 0.1) is 0 Å². The van der Waals surface area contributed by atoms with Crippen molar-refractivity contribution in [3.8, 4) is 0 Å². The molecule has 0 spiro atoms. The van der Waals surface area contributed by atoms with Crippen LogP contribution in [-0.2, 0) is 6.54 Å². The molecule has 2 heterocycles. The molecule has 1 saturated heterocycles. The fourth-order valence-electron chi connectivity index (χ4n) is 3.12. The van der Waals surface area contributed by atoms with Crippen molar-refractivity contribution in [2.24, 2.45) is 0 Å². The van der Waals surface area contributed by atoms with Crippen molar-refractivity contribution in [2.45, 2.75) is 44.3 Å². The third-order valence-corrected chi connectivity index (χ3v) is 3.96. The molecule has 2 bridgehead atoms. The van der Waals surface area contributed by atoms with Crippen LogP contribution in [0.1, 0.15) is 31.2 Å². The van der Waals surface area contributed by atoms with E-state index in [0.29, 0.717) is 17.8 Å². The Hall–Kier alpha value is -0.683. The summed E-state index contributed by atoms with van der Waals surface area (Å²) in [4.78, 5) is 2.51. The second-order valence-corrected chi connectivity index (χ2v) is 5.15. The maximum Gasteiger partial charge on any atom is 1.00 e. The molecule has 0 N–H and O–H groups in total. The van der Waals surface area contributed by atoms with Crippen molar-refractivity contribution in [1.29, 1.82) is 0 Å². The number of hydrogen-bond donors (Lipinski definition) is 0. The second kappa shape index (κ2) is 5.97. The monoisotopic (exact) mass is 235 g/mol. The van der Waals surface area contributed by atoms with Crippen molar-refractivity contribution < 1.29 is 24.0 Å². The van der Waals surface area contributed by atoms with Crippen LogP contribution in [0.3, 0.4) is 0 Å². The third-order valence-electron chi connectivity index (χ3n) is 3.96. The zero-order chi connectivity index (χ0) is 11.7. The molecular weight excluding hydrogens is 217 g/mol. The number of piperidine rings is 1. The van der Waals surface area contributed by atoms with Gasteiger partial charge in [-0.3, -0.25) is 4.90 Å². The molecule has 0 saturated carbocycles. The Morgan fingerprint density at radius 2 is 1.94 bits per heavy atom. The van der Waals surface area contributed by atoms with Gasteiger partial charge in [0.25, 0.3) is 0 Å². The van der Waals surface area contributed by atoms with E-state index >= 15 is 0 Å². The van der Waals surface area contributed by atoms with Crippen molar-refractivity contribution in [2.75, 3.05) is 0 Å². The Labute approximate surface area is 121 Å². The smallest absolute Gasteiger partial charge is 0.876 e. The Morgan fingerprint density at radius 3 is 2.67 bits per heavy atom. The summed E-state index contributed by atoms with van der Waals surface area (Å²) < 4.78 is 0. The van der Waals surface area contributed by atoms with Crippen LogP contribution >= 0.6 is 0 Å². The molecule has 0 radical (unpaired) electrons. The van der Waals surface area contributed by atoms with Crippen LogP contribution in [0.15, 0.2) is 42.2 Å². The van der Waals surface area contributed by atoms with Crippen LogP contribution in [0.25, 0.3) is 0 Å². The molecular formula is C15H18LiNO. The van der Waals surface area contributed by atoms with Gasteiger partial charge in [-0.05, 0) is 24.8 Å². The molecule has 2 nitrogen and oxygen atoms in total. The van der Waals surface area contributed by atoms with Gasteiger partial charge in [-0.2, -0.15) is 0 Å². The summed E-state index contributed by atoms with van der Waals surface area (Å²) in [5.74, 6) is 0.351. The number of rotatable bonds is 2. The summed E-state index contributed by atoms with van der Waals surface area (Å²) in [6.45, 7) is 0.986. The maximum absolute atomic E-state index is 11.6. The van der Waals surface area contributed by atoms with E-state index in [2.05, 4.69) is 35.2 Å². The molecule has 90 valence electrons. The van der Waals surface area contributed by atoms with E-state index in [1.54, 1.807) is 0 Å². The predicted octanol–water partition coefficient (Wildman–Crippen LogP) is -0.938. The average molecular weight is 235 g/mol. The minimum Gasteiger partial charge on any atom is -0.876 e. The molecule has 1 fully saturated rings. The number of fused-ring (bicyclic) bond motifs is 2. The topological polar surface area (TPSA) is 26.3 Å². The van der Waals surface area contributed by atoms with E-state index in [-0.39, 0.29) is 18.9 Å². The third kappa shape index (κ3) is 2.83. The number of benzene rings is 1. The van der Waals surface area contributed by atoms with Crippen molar-refractivity contribution in [3.05, 3.63) is 47.7 Å². The molecule has 1 aromatic carbocycles. The summed E-state index contributed by atoms with van der Waals surface area (Å²) in [5.41, 5.74) is 1.35. The normalized spacial score (nSPS) is 27.2. The summed E-state index contributed by atoms with van der Waals surface area (Å²) >= 11 is 0.